The van der Waals surface area contributed by atoms with Crippen molar-refractivity contribution in [3.63, 3.8) is 0 Å². The third kappa shape index (κ3) is 6.77. The molecule has 1 amide bonds. The molecule has 0 aliphatic rings. The van der Waals surface area contributed by atoms with Gasteiger partial charge in [-0.3, -0.25) is 0 Å². The summed E-state index contributed by atoms with van der Waals surface area (Å²) in [6.45, 7) is 3.46. The predicted molar refractivity (Wildman–Crippen MR) is 68.6 cm³/mol. The zero-order valence-electron chi connectivity index (χ0n) is 10.8. The second kappa shape index (κ2) is 7.10. The van der Waals surface area contributed by atoms with Gasteiger partial charge in [-0.25, -0.2) is 14.5 Å². The lowest BCUT2D eigenvalue weighted by molar-refractivity contribution is 0.121. The van der Waals surface area contributed by atoms with Gasteiger partial charge in [0.2, 0.25) is 0 Å². The largest absolute Gasteiger partial charge is 0.446 e. The van der Waals surface area contributed by atoms with Crippen molar-refractivity contribution < 1.29 is 17.9 Å². The number of rotatable bonds is 7. The minimum absolute atomic E-state index is 0.199. The highest BCUT2D eigenvalue weighted by atomic mass is 32.2. The number of hydrogen-bond donors (Lipinski definition) is 3. The third-order valence-corrected chi connectivity index (χ3v) is 3.02. The van der Waals surface area contributed by atoms with E-state index in [0.29, 0.717) is 12.8 Å². The van der Waals surface area contributed by atoms with Crippen LogP contribution in [0.15, 0.2) is 12.4 Å². The summed E-state index contributed by atoms with van der Waals surface area (Å²) in [6.07, 6.45) is 3.13. The van der Waals surface area contributed by atoms with Crippen LogP contribution >= 0.6 is 0 Å². The minimum Gasteiger partial charge on any atom is -0.446 e. The van der Waals surface area contributed by atoms with Crippen molar-refractivity contribution in [1.82, 2.24) is 19.4 Å². The molecule has 0 aliphatic heterocycles. The van der Waals surface area contributed by atoms with E-state index in [9.17, 15) is 13.2 Å². The van der Waals surface area contributed by atoms with Crippen LogP contribution in [0.5, 0.6) is 0 Å². The zero-order chi connectivity index (χ0) is 14.3. The number of H-pyrrole nitrogens is 1. The molecule has 0 saturated heterocycles. The molecule has 1 heterocycles. The molecule has 1 aromatic rings. The summed E-state index contributed by atoms with van der Waals surface area (Å²) in [6, 6.07) is 0. The van der Waals surface area contributed by atoms with Crippen molar-refractivity contribution in [2.24, 2.45) is 0 Å². The van der Waals surface area contributed by atoms with Crippen LogP contribution in [-0.4, -0.2) is 37.1 Å². The summed E-state index contributed by atoms with van der Waals surface area (Å²) in [4.78, 5) is 18.0. The molecule has 0 fully saturated rings. The van der Waals surface area contributed by atoms with Crippen molar-refractivity contribution in [2.75, 3.05) is 6.54 Å². The van der Waals surface area contributed by atoms with Gasteiger partial charge in [0.15, 0.2) is 0 Å². The maximum atomic E-state index is 11.4. The lowest BCUT2D eigenvalue weighted by Gasteiger charge is -2.10. The topological polar surface area (TPSA) is 113 Å². The number of aromatic nitrogens is 2. The number of ether oxygens (including phenoxy) is 1. The third-order valence-electron chi connectivity index (χ3n) is 2.00. The van der Waals surface area contributed by atoms with Gasteiger partial charge >= 0.3 is 16.3 Å². The van der Waals surface area contributed by atoms with Gasteiger partial charge in [0.1, 0.15) is 5.82 Å². The Kier molecular flexibility index (Phi) is 5.77. The quantitative estimate of drug-likeness (QED) is 0.625. The van der Waals surface area contributed by atoms with Crippen molar-refractivity contribution in [2.45, 2.75) is 32.8 Å². The summed E-state index contributed by atoms with van der Waals surface area (Å²) in [5.74, 6) is 0.784. The van der Waals surface area contributed by atoms with Crippen molar-refractivity contribution in [3.05, 3.63) is 18.2 Å². The van der Waals surface area contributed by atoms with Crippen LogP contribution < -0.4 is 9.44 Å². The van der Waals surface area contributed by atoms with Gasteiger partial charge < -0.3 is 9.72 Å². The Labute approximate surface area is 112 Å². The number of amides is 1. The molecule has 0 spiro atoms. The predicted octanol–water partition coefficient (Wildman–Crippen LogP) is 0.311. The Morgan fingerprint density at radius 2 is 2.26 bits per heavy atom. The molecule has 0 aromatic carbocycles. The molecule has 108 valence electrons. The summed E-state index contributed by atoms with van der Waals surface area (Å²) < 4.78 is 31.5. The standard InChI is InChI=1S/C10H18N4O4S/c1-8(2)18-10(15)14-19(16,17)13-5-3-4-9-11-6-7-12-9/h6-8,13H,3-5H2,1-2H3,(H,11,12)(H,14,15). The molecule has 1 aromatic heterocycles. The number of nitrogens with one attached hydrogen (secondary N) is 3. The Bertz CT molecular complexity index is 484. The van der Waals surface area contributed by atoms with Crippen molar-refractivity contribution in [1.29, 1.82) is 0 Å². The monoisotopic (exact) mass is 290 g/mol. The van der Waals surface area contributed by atoms with Gasteiger partial charge in [0, 0.05) is 25.4 Å². The SMILES string of the molecule is CC(C)OC(=O)NS(=O)(=O)NCCCc1ncc[nH]1. The summed E-state index contributed by atoms with van der Waals surface area (Å²) in [7, 11) is -3.87. The summed E-state index contributed by atoms with van der Waals surface area (Å²) in [5.41, 5.74) is 0. The number of hydrogen-bond acceptors (Lipinski definition) is 5. The molecule has 0 radical (unpaired) electrons. The molecular formula is C10H18N4O4S. The Hall–Kier alpha value is -1.61. The van der Waals surface area contributed by atoms with E-state index in [-0.39, 0.29) is 12.6 Å². The molecular weight excluding hydrogens is 272 g/mol. The van der Waals surface area contributed by atoms with E-state index in [4.69, 9.17) is 0 Å². The first-order valence-electron chi connectivity index (χ1n) is 5.85. The summed E-state index contributed by atoms with van der Waals surface area (Å²) in [5, 5.41) is 0. The Balaban J connectivity index is 2.25. The van der Waals surface area contributed by atoms with Crippen LogP contribution in [-0.2, 0) is 21.4 Å². The molecule has 0 atom stereocenters. The van der Waals surface area contributed by atoms with Crippen molar-refractivity contribution in [3.8, 4) is 0 Å². The molecule has 9 heteroatoms. The van der Waals surface area contributed by atoms with Gasteiger partial charge in [-0.15, -0.1) is 0 Å². The van der Waals surface area contributed by atoms with Crippen LogP contribution in [0.1, 0.15) is 26.1 Å². The van der Waals surface area contributed by atoms with Crippen LogP contribution in [0.4, 0.5) is 4.79 Å². The van der Waals surface area contributed by atoms with Crippen LogP contribution in [0, 0.1) is 0 Å². The first kappa shape index (κ1) is 15.4. The number of nitrogens with zero attached hydrogens (tertiary/aromatic N) is 1. The second-order valence-electron chi connectivity index (χ2n) is 4.09. The second-order valence-corrected chi connectivity index (χ2v) is 5.59. The van der Waals surface area contributed by atoms with E-state index in [2.05, 4.69) is 19.4 Å². The van der Waals surface area contributed by atoms with Crippen LogP contribution in [0.3, 0.4) is 0 Å². The summed E-state index contributed by atoms with van der Waals surface area (Å²) >= 11 is 0. The lowest BCUT2D eigenvalue weighted by Crippen LogP contribution is -2.41. The first-order chi connectivity index (χ1) is 8.89. The highest BCUT2D eigenvalue weighted by molar-refractivity contribution is 7.88. The van der Waals surface area contributed by atoms with Crippen LogP contribution in [0.25, 0.3) is 0 Å². The van der Waals surface area contributed by atoms with E-state index in [1.54, 1.807) is 31.0 Å². The fourth-order valence-electron chi connectivity index (χ4n) is 1.28. The molecule has 1 rings (SSSR count). The normalized spacial score (nSPS) is 11.5. The van der Waals surface area contributed by atoms with E-state index in [0.717, 1.165) is 5.82 Å². The highest BCUT2D eigenvalue weighted by Gasteiger charge is 2.15. The average molecular weight is 290 g/mol. The van der Waals surface area contributed by atoms with Gasteiger partial charge in [-0.1, -0.05) is 0 Å². The maximum absolute atomic E-state index is 11.4. The van der Waals surface area contributed by atoms with E-state index in [1.807, 2.05) is 0 Å². The van der Waals surface area contributed by atoms with Crippen molar-refractivity contribution >= 4 is 16.3 Å². The van der Waals surface area contributed by atoms with E-state index < -0.39 is 16.3 Å². The number of carbonyl (C=O) groups is 1. The molecule has 0 unspecified atom stereocenters. The Morgan fingerprint density at radius 3 is 2.84 bits per heavy atom. The smallest absolute Gasteiger partial charge is 0.422 e. The van der Waals surface area contributed by atoms with Gasteiger partial charge in [-0.05, 0) is 20.3 Å². The van der Waals surface area contributed by atoms with Gasteiger partial charge in [-0.2, -0.15) is 13.1 Å². The Morgan fingerprint density at radius 1 is 1.53 bits per heavy atom. The lowest BCUT2D eigenvalue weighted by atomic mass is 10.3. The fraction of sp³-hybridized carbons (Fsp3) is 0.600. The maximum Gasteiger partial charge on any atom is 0.422 e. The van der Waals surface area contributed by atoms with Gasteiger partial charge in [0.05, 0.1) is 6.10 Å². The molecule has 8 nitrogen and oxygen atoms in total. The molecule has 0 saturated carbocycles. The first-order valence-corrected chi connectivity index (χ1v) is 7.33. The number of imidazole rings is 1. The molecule has 3 N–H and O–H groups in total. The molecule has 0 bridgehead atoms. The van der Waals surface area contributed by atoms with Crippen LogP contribution in [0.2, 0.25) is 0 Å². The number of aryl methyl sites for hydroxylation is 1. The van der Waals surface area contributed by atoms with E-state index in [1.165, 1.54) is 0 Å². The minimum atomic E-state index is -3.87. The fourth-order valence-corrected chi connectivity index (χ4v) is 2.03. The average Bonchev–Trinajstić information content (AvgIpc) is 2.75. The van der Waals surface area contributed by atoms with Gasteiger partial charge in [0.25, 0.3) is 0 Å². The van der Waals surface area contributed by atoms with E-state index >= 15 is 0 Å². The molecule has 0 aliphatic carbocycles. The number of aromatic amines is 1. The molecule has 19 heavy (non-hydrogen) atoms. The highest BCUT2D eigenvalue weighted by Crippen LogP contribution is 1.94. The number of carbonyl (C=O) groups excluding carboxylic acids is 1. The zero-order valence-corrected chi connectivity index (χ0v) is 11.7.